The molecule has 4 aromatic heterocycles. The van der Waals surface area contributed by atoms with Crippen molar-refractivity contribution in [1.82, 2.24) is 14.5 Å². The fourth-order valence-electron chi connectivity index (χ4n) is 9.22. The lowest BCUT2D eigenvalue weighted by molar-refractivity contribution is 0.669. The van der Waals surface area contributed by atoms with Crippen LogP contribution in [0.25, 0.3) is 124 Å². The zero-order valence-electron chi connectivity index (χ0n) is 29.2. The monoisotopic (exact) mass is 717 g/mol. The van der Waals surface area contributed by atoms with Crippen LogP contribution in [0.2, 0.25) is 0 Å². The molecule has 0 amide bonds. The quantitative estimate of drug-likeness (QED) is 0.167. The van der Waals surface area contributed by atoms with E-state index in [1.165, 1.54) is 58.6 Å². The minimum absolute atomic E-state index is 0.656. The fourth-order valence-corrected chi connectivity index (χ4v) is 10.4. The molecule has 13 rings (SSSR count). The van der Waals surface area contributed by atoms with E-state index in [4.69, 9.17) is 14.4 Å². The van der Waals surface area contributed by atoms with E-state index >= 15 is 0 Å². The average molecular weight is 718 g/mol. The largest absolute Gasteiger partial charge is 0.456 e. The summed E-state index contributed by atoms with van der Waals surface area (Å²) < 4.78 is 10.9. The van der Waals surface area contributed by atoms with Gasteiger partial charge in [-0.1, -0.05) is 127 Å². The molecule has 0 aliphatic rings. The fraction of sp³-hybridized carbons (Fsp3) is 0. The molecule has 5 heteroatoms. The summed E-state index contributed by atoms with van der Waals surface area (Å²) in [6.07, 6.45) is 0. The molecule has 0 saturated carbocycles. The van der Waals surface area contributed by atoms with Crippen LogP contribution in [0, 0.1) is 0 Å². The number of thiophene rings is 1. The van der Waals surface area contributed by atoms with Gasteiger partial charge in [0.1, 0.15) is 11.2 Å². The summed E-state index contributed by atoms with van der Waals surface area (Å²) in [6.45, 7) is 0. The maximum absolute atomic E-state index is 6.26. The molecule has 0 N–H and O–H groups in total. The molecule has 0 spiro atoms. The first-order valence-corrected chi connectivity index (χ1v) is 19.4. The zero-order valence-corrected chi connectivity index (χ0v) is 30.1. The SMILES string of the molecule is c1ccc2c(c1)ccc1c3c4c5ccccc5c5ccccc5c4ccc3n(-c3nc(-c4ccc5oc6ccccc6c5c4)c4sc5ccccc5c4n3)c21. The highest BCUT2D eigenvalue weighted by atomic mass is 32.1. The van der Waals surface area contributed by atoms with Crippen molar-refractivity contribution in [3.05, 3.63) is 164 Å². The van der Waals surface area contributed by atoms with E-state index in [-0.39, 0.29) is 0 Å². The Morgan fingerprint density at radius 3 is 1.93 bits per heavy atom. The van der Waals surface area contributed by atoms with Crippen molar-refractivity contribution in [2.45, 2.75) is 0 Å². The number of hydrogen-bond acceptors (Lipinski definition) is 4. The van der Waals surface area contributed by atoms with Gasteiger partial charge in [-0.3, -0.25) is 4.57 Å². The van der Waals surface area contributed by atoms with Gasteiger partial charge in [0.25, 0.3) is 0 Å². The van der Waals surface area contributed by atoms with Crippen molar-refractivity contribution in [3.63, 3.8) is 0 Å². The van der Waals surface area contributed by atoms with Crippen molar-refractivity contribution in [2.24, 2.45) is 0 Å². The Hall–Kier alpha value is -7.08. The number of para-hydroxylation sites is 1. The maximum atomic E-state index is 6.26. The molecule has 0 radical (unpaired) electrons. The normalized spacial score (nSPS) is 12.4. The molecule has 0 fully saturated rings. The third-order valence-corrected chi connectivity index (χ3v) is 12.7. The lowest BCUT2D eigenvalue weighted by atomic mass is 9.91. The van der Waals surface area contributed by atoms with E-state index in [9.17, 15) is 0 Å². The third-order valence-electron chi connectivity index (χ3n) is 11.6. The van der Waals surface area contributed by atoms with Gasteiger partial charge in [0.05, 0.1) is 26.9 Å². The van der Waals surface area contributed by atoms with Crippen LogP contribution in [0.4, 0.5) is 0 Å². The first-order valence-electron chi connectivity index (χ1n) is 18.6. The molecule has 9 aromatic carbocycles. The average Bonchev–Trinajstić information content (AvgIpc) is 3.93. The predicted molar refractivity (Wildman–Crippen MR) is 232 cm³/mol. The molecule has 0 saturated heterocycles. The molecule has 4 heterocycles. The summed E-state index contributed by atoms with van der Waals surface area (Å²) >= 11 is 1.76. The second-order valence-corrected chi connectivity index (χ2v) is 15.5. The Labute approximate surface area is 317 Å². The number of rotatable bonds is 2. The van der Waals surface area contributed by atoms with E-state index < -0.39 is 0 Å². The molecule has 0 atom stereocenters. The van der Waals surface area contributed by atoms with Crippen LogP contribution in [-0.2, 0) is 0 Å². The molecule has 0 bridgehead atoms. The van der Waals surface area contributed by atoms with Crippen LogP contribution in [0.5, 0.6) is 0 Å². The van der Waals surface area contributed by atoms with Crippen LogP contribution < -0.4 is 0 Å². The van der Waals surface area contributed by atoms with Gasteiger partial charge in [-0.25, -0.2) is 9.97 Å². The summed E-state index contributed by atoms with van der Waals surface area (Å²) in [5.41, 5.74) is 6.86. The Balaban J connectivity index is 1.22. The second-order valence-electron chi connectivity index (χ2n) is 14.4. The minimum atomic E-state index is 0.656. The minimum Gasteiger partial charge on any atom is -0.456 e. The standard InChI is InChI=1S/C50H27N3OS/c1-2-12-30-28(11-1)21-23-38-45-40(25-24-36-33-15-4-3-13-31(33)32-14-5-6-17-35(32)44(36)45)53(48(30)38)50-51-46(49-47(52-50)37-18-8-10-20-43(37)55-49)29-22-26-42-39(27-29)34-16-7-9-19-41(34)54-42/h1-27H. The molecule has 55 heavy (non-hydrogen) atoms. The summed E-state index contributed by atoms with van der Waals surface area (Å²) in [7, 11) is 0. The molecule has 254 valence electrons. The van der Waals surface area contributed by atoms with Gasteiger partial charge in [-0.2, -0.15) is 0 Å². The molecule has 13 aromatic rings. The van der Waals surface area contributed by atoms with Crippen molar-refractivity contribution in [3.8, 4) is 17.2 Å². The van der Waals surface area contributed by atoms with Gasteiger partial charge in [-0.05, 0) is 68.7 Å². The van der Waals surface area contributed by atoms with Crippen LogP contribution in [-0.4, -0.2) is 14.5 Å². The van der Waals surface area contributed by atoms with Gasteiger partial charge in [0.2, 0.25) is 5.95 Å². The van der Waals surface area contributed by atoms with Crippen LogP contribution in [0.15, 0.2) is 168 Å². The van der Waals surface area contributed by atoms with Crippen molar-refractivity contribution < 1.29 is 4.42 Å². The van der Waals surface area contributed by atoms with Gasteiger partial charge in [-0.15, -0.1) is 11.3 Å². The summed E-state index contributed by atoms with van der Waals surface area (Å²) in [6, 6.07) is 58.8. The van der Waals surface area contributed by atoms with E-state index in [1.54, 1.807) is 11.3 Å². The van der Waals surface area contributed by atoms with Gasteiger partial charge in [0.15, 0.2) is 0 Å². The van der Waals surface area contributed by atoms with Crippen LogP contribution in [0.3, 0.4) is 0 Å². The van der Waals surface area contributed by atoms with E-state index in [2.05, 4.69) is 156 Å². The van der Waals surface area contributed by atoms with E-state index in [0.717, 1.165) is 59.8 Å². The molecule has 4 nitrogen and oxygen atoms in total. The number of furan rings is 1. The summed E-state index contributed by atoms with van der Waals surface area (Å²) in [5, 5.41) is 15.6. The smallest absolute Gasteiger partial charge is 0.235 e. The van der Waals surface area contributed by atoms with E-state index in [0.29, 0.717) is 5.95 Å². The van der Waals surface area contributed by atoms with Gasteiger partial charge >= 0.3 is 0 Å². The Morgan fingerprint density at radius 2 is 1.09 bits per heavy atom. The predicted octanol–water partition coefficient (Wildman–Crippen LogP) is 14.1. The number of nitrogens with zero attached hydrogens (tertiary/aromatic N) is 3. The highest BCUT2D eigenvalue weighted by Crippen LogP contribution is 2.46. The Kier molecular flexibility index (Phi) is 5.74. The van der Waals surface area contributed by atoms with Crippen LogP contribution >= 0.6 is 11.3 Å². The molecule has 0 aliphatic carbocycles. The first-order chi connectivity index (χ1) is 27.3. The number of fused-ring (bicyclic) bond motifs is 18. The highest BCUT2D eigenvalue weighted by Gasteiger charge is 2.24. The van der Waals surface area contributed by atoms with Crippen LogP contribution in [0.1, 0.15) is 0 Å². The van der Waals surface area contributed by atoms with Crippen molar-refractivity contribution >= 4 is 118 Å². The van der Waals surface area contributed by atoms with Gasteiger partial charge in [0, 0.05) is 48.0 Å². The second kappa shape index (κ2) is 10.8. The number of benzene rings is 9. The van der Waals surface area contributed by atoms with E-state index in [1.807, 2.05) is 12.1 Å². The summed E-state index contributed by atoms with van der Waals surface area (Å²) in [4.78, 5) is 11.1. The maximum Gasteiger partial charge on any atom is 0.235 e. The first kappa shape index (κ1) is 29.4. The molecule has 0 unspecified atom stereocenters. The Bertz CT molecular complexity index is 3760. The highest BCUT2D eigenvalue weighted by molar-refractivity contribution is 7.26. The topological polar surface area (TPSA) is 43.9 Å². The number of hydrogen-bond donors (Lipinski definition) is 0. The number of aromatic nitrogens is 3. The van der Waals surface area contributed by atoms with Crippen molar-refractivity contribution in [1.29, 1.82) is 0 Å². The molecular formula is C50H27N3OS. The molecular weight excluding hydrogens is 691 g/mol. The lowest BCUT2D eigenvalue weighted by Gasteiger charge is -2.13. The summed E-state index contributed by atoms with van der Waals surface area (Å²) in [5.74, 6) is 0.656. The Morgan fingerprint density at radius 1 is 0.455 bits per heavy atom. The lowest BCUT2D eigenvalue weighted by Crippen LogP contribution is -2.03. The van der Waals surface area contributed by atoms with Crippen molar-refractivity contribution in [2.75, 3.05) is 0 Å². The third kappa shape index (κ3) is 3.94. The molecule has 0 aliphatic heterocycles. The van der Waals surface area contributed by atoms with Gasteiger partial charge < -0.3 is 4.42 Å². The zero-order chi connectivity index (χ0) is 35.8.